The maximum absolute atomic E-state index is 4.76. The van der Waals surface area contributed by atoms with E-state index in [2.05, 4.69) is 0 Å². The van der Waals surface area contributed by atoms with Gasteiger partial charge in [-0.25, -0.2) is 0 Å². The summed E-state index contributed by atoms with van der Waals surface area (Å²) in [5.74, 6) is 0. The fourth-order valence-electron chi connectivity index (χ4n) is 0. The molecule has 0 spiro atoms. The van der Waals surface area contributed by atoms with Crippen molar-refractivity contribution in [1.82, 2.24) is 0 Å². The summed E-state index contributed by atoms with van der Waals surface area (Å²) in [6, 6.07) is 0. The average Bonchev–Trinajstić information content (AvgIpc) is 1.50. The van der Waals surface area contributed by atoms with E-state index in [-0.39, 0.29) is 0 Å². The third-order valence-electron chi connectivity index (χ3n) is 0. The first kappa shape index (κ1) is 9.18. The average molecular weight is 220 g/mol. The van der Waals surface area contributed by atoms with Gasteiger partial charge in [-0.15, -0.1) is 0 Å². The van der Waals surface area contributed by atoms with Crippen LogP contribution >= 0.6 is 20.0 Å². The minimum atomic E-state index is 0.847. The Labute approximate surface area is 51.1 Å². The van der Waals surface area contributed by atoms with E-state index in [1.165, 1.54) is 0 Å². The van der Waals surface area contributed by atoms with E-state index in [0.29, 0.717) is 0 Å². The maximum atomic E-state index is 4.76. The molecule has 0 unspecified atom stereocenters. The predicted molar refractivity (Wildman–Crippen MR) is 28.8 cm³/mol. The summed E-state index contributed by atoms with van der Waals surface area (Å²) in [7, 11) is 9.53. The fourth-order valence-corrected chi connectivity index (χ4v) is 0. The SMILES string of the molecule is [Cl][GeH2].[Cl][GeH2]. The summed E-state index contributed by atoms with van der Waals surface area (Å²) in [6.07, 6.45) is 0. The zero-order valence-corrected chi connectivity index (χ0v) is 9.62. The molecule has 0 aliphatic heterocycles. The molecule has 0 N–H and O–H groups in total. The second kappa shape index (κ2) is 22.6. The second-order valence-corrected chi connectivity index (χ2v) is 0. The normalized spacial score (nSPS) is 3.00. The zero-order valence-electron chi connectivity index (χ0n) is 2.17. The Morgan fingerprint density at radius 1 is 0.750 bits per heavy atom. The summed E-state index contributed by atoms with van der Waals surface area (Å²) in [5.41, 5.74) is 0. The molecule has 0 saturated heterocycles. The van der Waals surface area contributed by atoms with Crippen LogP contribution in [0.5, 0.6) is 0 Å². The molecule has 0 aliphatic carbocycles. The summed E-state index contributed by atoms with van der Waals surface area (Å²) >= 11 is 1.69. The van der Waals surface area contributed by atoms with E-state index in [1.807, 2.05) is 0 Å². The van der Waals surface area contributed by atoms with Crippen molar-refractivity contribution in [3.63, 3.8) is 0 Å². The summed E-state index contributed by atoms with van der Waals surface area (Å²) in [5, 5.41) is 0. The van der Waals surface area contributed by atoms with Crippen LogP contribution in [-0.2, 0) is 0 Å². The van der Waals surface area contributed by atoms with Crippen molar-refractivity contribution >= 4 is 51.2 Å². The van der Waals surface area contributed by atoms with Gasteiger partial charge >= 0.3 is 51.2 Å². The quantitative estimate of drug-likeness (QED) is 0.485. The molecule has 0 aliphatic rings. The zero-order chi connectivity index (χ0) is 4.00. The van der Waals surface area contributed by atoms with Gasteiger partial charge in [0.15, 0.2) is 0 Å². The van der Waals surface area contributed by atoms with Gasteiger partial charge in [-0.3, -0.25) is 0 Å². The van der Waals surface area contributed by atoms with E-state index in [4.69, 9.17) is 20.0 Å². The van der Waals surface area contributed by atoms with Gasteiger partial charge in [0.2, 0.25) is 0 Å². The Morgan fingerprint density at radius 2 is 0.750 bits per heavy atom. The first-order valence-electron chi connectivity index (χ1n) is 0.535. The van der Waals surface area contributed by atoms with E-state index in [0.717, 1.165) is 31.2 Å². The molecule has 0 rings (SSSR count). The van der Waals surface area contributed by atoms with Crippen LogP contribution in [0, 0.1) is 0 Å². The molecule has 0 aromatic carbocycles. The molecular weight excluding hydrogens is 216 g/mol. The molecule has 0 saturated carbocycles. The predicted octanol–water partition coefficient (Wildman–Crippen LogP) is -0.453. The molecule has 0 nitrogen and oxygen atoms in total. The molecule has 0 heterocycles. The summed E-state index contributed by atoms with van der Waals surface area (Å²) in [4.78, 5) is 0. The van der Waals surface area contributed by atoms with Crippen molar-refractivity contribution in [2.45, 2.75) is 0 Å². The number of hydrogen-bond acceptors (Lipinski definition) is 0. The standard InChI is InChI=1S/2ClGeH2/c2*1-2/h2*2H2. The Bertz CT molecular complexity index is 4.00. The van der Waals surface area contributed by atoms with Gasteiger partial charge in [0.25, 0.3) is 0 Å². The van der Waals surface area contributed by atoms with Crippen molar-refractivity contribution in [2.24, 2.45) is 0 Å². The van der Waals surface area contributed by atoms with E-state index in [1.54, 1.807) is 0 Å². The van der Waals surface area contributed by atoms with Crippen LogP contribution in [0.3, 0.4) is 0 Å². The fraction of sp³-hybridized carbons (Fsp3) is 0. The van der Waals surface area contributed by atoms with Crippen LogP contribution in [0.1, 0.15) is 0 Å². The second-order valence-electron chi connectivity index (χ2n) is 0. The minimum absolute atomic E-state index is 0.847. The molecular formula is H4Cl2Ge2. The Balaban J connectivity index is 0. The van der Waals surface area contributed by atoms with Crippen molar-refractivity contribution in [2.75, 3.05) is 0 Å². The molecule has 4 heteroatoms. The van der Waals surface area contributed by atoms with Crippen LogP contribution in [0.25, 0.3) is 0 Å². The van der Waals surface area contributed by atoms with E-state index in [9.17, 15) is 0 Å². The first-order chi connectivity index (χ1) is 2.00. The Kier molecular flexibility index (Phi) is 51.8. The van der Waals surface area contributed by atoms with E-state index < -0.39 is 0 Å². The van der Waals surface area contributed by atoms with Crippen molar-refractivity contribution in [1.29, 1.82) is 0 Å². The summed E-state index contributed by atoms with van der Waals surface area (Å²) in [6.45, 7) is 0. The van der Waals surface area contributed by atoms with Gasteiger partial charge in [-0.1, -0.05) is 0 Å². The van der Waals surface area contributed by atoms with Crippen LogP contribution in [0.15, 0.2) is 0 Å². The van der Waals surface area contributed by atoms with Crippen molar-refractivity contribution in [3.05, 3.63) is 0 Å². The Hall–Kier alpha value is 1.67. The molecule has 0 amide bonds. The van der Waals surface area contributed by atoms with Gasteiger partial charge < -0.3 is 0 Å². The number of halogens is 2. The number of hydrogen-bond donors (Lipinski definition) is 0. The molecule has 0 fully saturated rings. The topological polar surface area (TPSA) is 0 Å². The summed E-state index contributed by atoms with van der Waals surface area (Å²) < 4.78 is 0. The molecule has 26 valence electrons. The van der Waals surface area contributed by atoms with Crippen LogP contribution in [0.2, 0.25) is 0 Å². The van der Waals surface area contributed by atoms with Gasteiger partial charge in [-0.2, -0.15) is 0 Å². The number of rotatable bonds is 0. The third-order valence-corrected chi connectivity index (χ3v) is 0. The van der Waals surface area contributed by atoms with Gasteiger partial charge in [0, 0.05) is 0 Å². The van der Waals surface area contributed by atoms with Crippen molar-refractivity contribution in [3.8, 4) is 0 Å². The molecule has 0 aromatic rings. The first-order valence-corrected chi connectivity index (χ1v) is 8.33. The van der Waals surface area contributed by atoms with Crippen LogP contribution in [0.4, 0.5) is 0 Å². The monoisotopic (exact) mass is 222 g/mol. The van der Waals surface area contributed by atoms with E-state index >= 15 is 0 Å². The van der Waals surface area contributed by atoms with Crippen LogP contribution in [-0.4, -0.2) is 31.2 Å². The van der Waals surface area contributed by atoms with Gasteiger partial charge in [-0.05, 0) is 0 Å². The third kappa shape index (κ3) is 9.39. The molecule has 2 radical (unpaired) electrons. The molecule has 0 atom stereocenters. The van der Waals surface area contributed by atoms with Gasteiger partial charge in [0.1, 0.15) is 0 Å². The molecule has 0 aromatic heterocycles. The molecule has 4 heavy (non-hydrogen) atoms. The van der Waals surface area contributed by atoms with Crippen molar-refractivity contribution < 1.29 is 0 Å². The Morgan fingerprint density at radius 3 is 0.750 bits per heavy atom. The van der Waals surface area contributed by atoms with Gasteiger partial charge in [0.05, 0.1) is 0 Å². The van der Waals surface area contributed by atoms with Crippen LogP contribution < -0.4 is 0 Å². The molecule has 0 bridgehead atoms.